The fourth-order valence-electron chi connectivity index (χ4n) is 5.09. The van der Waals surface area contributed by atoms with Crippen molar-refractivity contribution in [3.05, 3.63) is 34.2 Å². The lowest BCUT2D eigenvalue weighted by molar-refractivity contribution is -0.137. The Balaban J connectivity index is 2.17. The number of unbranched alkanes of at least 4 members (excludes halogenated alkanes) is 2. The van der Waals surface area contributed by atoms with Crippen LogP contribution in [0.3, 0.4) is 0 Å². The van der Waals surface area contributed by atoms with Gasteiger partial charge in [-0.25, -0.2) is 0 Å². The Morgan fingerprint density at radius 3 is 2.88 bits per heavy atom. The molecule has 0 spiro atoms. The zero-order valence-corrected chi connectivity index (χ0v) is 20.3. The lowest BCUT2D eigenvalue weighted by Crippen LogP contribution is -2.21. The second kappa shape index (κ2) is 13.9. The molecule has 34 heavy (non-hydrogen) atoms. The number of hydrogen-bond acceptors (Lipinski definition) is 4. The summed E-state index contributed by atoms with van der Waals surface area (Å²) in [5, 5.41) is 33.9. The van der Waals surface area contributed by atoms with Gasteiger partial charge in [-0.05, 0) is 62.8 Å². The Morgan fingerprint density at radius 1 is 1.38 bits per heavy atom. The summed E-state index contributed by atoms with van der Waals surface area (Å²) in [7, 11) is 0. The van der Waals surface area contributed by atoms with Crippen LogP contribution in [0.5, 0.6) is 0 Å². The smallest absolute Gasteiger partial charge is 0.303 e. The first-order valence-electron chi connectivity index (χ1n) is 12.2. The van der Waals surface area contributed by atoms with Gasteiger partial charge in [-0.3, -0.25) is 4.79 Å². The second-order valence-corrected chi connectivity index (χ2v) is 9.48. The number of nitrogens with zero attached hydrogens (tertiary/aromatic N) is 3. The zero-order chi connectivity index (χ0) is 25.0. The molecule has 2 saturated carbocycles. The monoisotopic (exact) mass is 467 g/mol. The summed E-state index contributed by atoms with van der Waals surface area (Å²) in [4.78, 5) is 13.6. The van der Waals surface area contributed by atoms with Crippen molar-refractivity contribution >= 4 is 5.97 Å². The van der Waals surface area contributed by atoms with E-state index in [4.69, 9.17) is 10.6 Å². The summed E-state index contributed by atoms with van der Waals surface area (Å²) in [5.41, 5.74) is 9.37. The number of aliphatic hydroxyl groups is 2. The van der Waals surface area contributed by atoms with Crippen LogP contribution in [0, 0.1) is 46.9 Å². The molecule has 0 amide bonds. The van der Waals surface area contributed by atoms with Gasteiger partial charge in [0.25, 0.3) is 0 Å². The van der Waals surface area contributed by atoms with Crippen molar-refractivity contribution < 1.29 is 20.1 Å². The van der Waals surface area contributed by atoms with Crippen molar-refractivity contribution in [2.75, 3.05) is 6.54 Å². The van der Waals surface area contributed by atoms with E-state index in [1.54, 1.807) is 13.0 Å². The fraction of sp³-hybridized carbons (Fsp3) is 0.667. The van der Waals surface area contributed by atoms with Crippen molar-refractivity contribution in [2.45, 2.75) is 83.8 Å². The molecule has 0 aromatic heterocycles. The van der Waals surface area contributed by atoms with Gasteiger partial charge >= 0.3 is 5.97 Å². The Bertz CT molecular complexity index is 929. The van der Waals surface area contributed by atoms with Gasteiger partial charge < -0.3 is 15.3 Å². The largest absolute Gasteiger partial charge is 0.481 e. The second-order valence-electron chi connectivity index (χ2n) is 9.48. The van der Waals surface area contributed by atoms with E-state index in [2.05, 4.69) is 39.8 Å². The van der Waals surface area contributed by atoms with Crippen LogP contribution >= 0.6 is 0 Å². The Kier molecular flexibility index (Phi) is 11.2. The number of aliphatic hydroxyl groups excluding tert-OH is 2. The summed E-state index contributed by atoms with van der Waals surface area (Å²) in [6.45, 7) is 4.17. The average Bonchev–Trinajstić information content (AvgIpc) is 3.26. The van der Waals surface area contributed by atoms with E-state index in [9.17, 15) is 15.0 Å². The van der Waals surface area contributed by atoms with Gasteiger partial charge in [-0.15, -0.1) is 17.8 Å². The summed E-state index contributed by atoms with van der Waals surface area (Å²) in [5.74, 6) is 11.9. The Hall–Kier alpha value is -2.70. The Labute approximate surface area is 203 Å². The summed E-state index contributed by atoms with van der Waals surface area (Å²) >= 11 is 0. The third-order valence-corrected chi connectivity index (χ3v) is 6.92. The standard InChI is InChI=1S/C27H37N3O4/c1-3-4-10-20(2)24(31)14-13-22-23-17-21(11-6-7-12-26(33)34)18-27(23,19-25(22)32)15-8-5-9-16-29-30-28/h11,13-14,20,22-25,31-32H,5-7,9-10,12,16-19H2,1-2H3,(H,33,34)/b14-13+,21-11+/t20?,22-,23-,24-,25-,27+/m1/s1. The normalized spacial score (nSPS) is 28.4. The molecule has 0 aromatic carbocycles. The van der Waals surface area contributed by atoms with Crippen molar-refractivity contribution in [3.63, 3.8) is 0 Å². The van der Waals surface area contributed by atoms with Crippen LogP contribution in [0.4, 0.5) is 0 Å². The van der Waals surface area contributed by atoms with Gasteiger partial charge in [0.1, 0.15) is 0 Å². The third-order valence-electron chi connectivity index (χ3n) is 6.92. The number of hydrogen-bond donors (Lipinski definition) is 3. The molecule has 7 nitrogen and oxygen atoms in total. The van der Waals surface area contributed by atoms with Gasteiger partial charge in [0.15, 0.2) is 0 Å². The van der Waals surface area contributed by atoms with Crippen molar-refractivity contribution in [2.24, 2.45) is 28.3 Å². The molecule has 0 bridgehead atoms. The molecule has 0 heterocycles. The highest BCUT2D eigenvalue weighted by atomic mass is 16.4. The molecule has 1 unspecified atom stereocenters. The summed E-state index contributed by atoms with van der Waals surface area (Å²) in [6, 6.07) is 0. The van der Waals surface area contributed by atoms with Gasteiger partial charge in [0, 0.05) is 42.1 Å². The molecule has 2 rings (SSSR count). The Morgan fingerprint density at radius 2 is 2.18 bits per heavy atom. The summed E-state index contributed by atoms with van der Waals surface area (Å²) < 4.78 is 0. The van der Waals surface area contributed by atoms with Gasteiger partial charge in [-0.1, -0.05) is 41.8 Å². The van der Waals surface area contributed by atoms with E-state index in [1.165, 1.54) is 5.57 Å². The van der Waals surface area contributed by atoms with E-state index in [0.29, 0.717) is 38.6 Å². The van der Waals surface area contributed by atoms with Crippen LogP contribution in [-0.4, -0.2) is 40.0 Å². The molecule has 184 valence electrons. The molecular weight excluding hydrogens is 430 g/mol. The maximum Gasteiger partial charge on any atom is 0.303 e. The molecule has 0 radical (unpaired) electrons. The molecule has 2 fully saturated rings. The van der Waals surface area contributed by atoms with E-state index < -0.39 is 18.2 Å². The molecule has 0 aliphatic heterocycles. The van der Waals surface area contributed by atoms with Crippen LogP contribution in [0.1, 0.15) is 71.6 Å². The topological polar surface area (TPSA) is 127 Å². The van der Waals surface area contributed by atoms with E-state index in [1.807, 2.05) is 13.0 Å². The minimum absolute atomic E-state index is 0.0103. The highest BCUT2D eigenvalue weighted by Gasteiger charge is 2.55. The molecule has 2 aliphatic carbocycles. The number of carboxylic acids is 1. The van der Waals surface area contributed by atoms with Gasteiger partial charge in [0.2, 0.25) is 0 Å². The number of azide groups is 1. The number of rotatable bonds is 11. The lowest BCUT2D eigenvalue weighted by atomic mass is 9.78. The van der Waals surface area contributed by atoms with Crippen LogP contribution in [-0.2, 0) is 4.79 Å². The molecule has 0 aromatic rings. The lowest BCUT2D eigenvalue weighted by Gasteiger charge is -2.24. The predicted molar refractivity (Wildman–Crippen MR) is 132 cm³/mol. The number of fused-ring (bicyclic) bond motifs is 1. The highest BCUT2D eigenvalue weighted by molar-refractivity contribution is 5.66. The van der Waals surface area contributed by atoms with Crippen LogP contribution in [0.15, 0.2) is 28.9 Å². The minimum atomic E-state index is -0.782. The van der Waals surface area contributed by atoms with E-state index in [-0.39, 0.29) is 29.6 Å². The number of allylic oxidation sites excluding steroid dienone is 2. The van der Waals surface area contributed by atoms with Crippen molar-refractivity contribution in [3.8, 4) is 23.7 Å². The fourth-order valence-corrected chi connectivity index (χ4v) is 5.09. The van der Waals surface area contributed by atoms with Crippen LogP contribution in [0.25, 0.3) is 10.4 Å². The summed E-state index contributed by atoms with van der Waals surface area (Å²) in [6.07, 6.45) is 10.4. The minimum Gasteiger partial charge on any atom is -0.481 e. The highest BCUT2D eigenvalue weighted by Crippen LogP contribution is 2.59. The first-order chi connectivity index (χ1) is 16.3. The maximum atomic E-state index is 10.9. The molecule has 7 heteroatoms. The first-order valence-corrected chi connectivity index (χ1v) is 12.2. The van der Waals surface area contributed by atoms with E-state index >= 15 is 0 Å². The quantitative estimate of drug-likeness (QED) is 0.0986. The molecule has 6 atom stereocenters. The van der Waals surface area contributed by atoms with Crippen LogP contribution < -0.4 is 0 Å². The van der Waals surface area contributed by atoms with E-state index in [0.717, 1.165) is 19.3 Å². The zero-order valence-electron chi connectivity index (χ0n) is 20.3. The van der Waals surface area contributed by atoms with Crippen molar-refractivity contribution in [1.29, 1.82) is 0 Å². The molecular formula is C27H37N3O4. The van der Waals surface area contributed by atoms with Crippen LogP contribution in [0.2, 0.25) is 0 Å². The molecule has 2 aliphatic rings. The van der Waals surface area contributed by atoms with Gasteiger partial charge in [-0.2, -0.15) is 0 Å². The third kappa shape index (κ3) is 7.96. The van der Waals surface area contributed by atoms with Gasteiger partial charge in [0.05, 0.1) is 12.2 Å². The predicted octanol–water partition coefficient (Wildman–Crippen LogP) is 5.01. The average molecular weight is 468 g/mol. The number of carbonyl (C=O) groups is 1. The van der Waals surface area contributed by atoms with Crippen molar-refractivity contribution in [1.82, 2.24) is 0 Å². The SMILES string of the molecule is CC#CCC(C)[C@H](O)/C=C/[C@H]1[C@H](O)C[C@]2(C#CCCCN=[N+]=[N-])C/C(=C/CCCC(=O)O)C[C@H]12. The number of aliphatic carboxylic acids is 1. The molecule has 3 N–H and O–H groups in total. The maximum absolute atomic E-state index is 10.9. The number of carboxylic acid groups (broad SMARTS) is 1. The molecule has 0 saturated heterocycles. The first kappa shape index (κ1) is 27.5.